The van der Waals surface area contributed by atoms with E-state index >= 15 is 0 Å². The van der Waals surface area contributed by atoms with Gasteiger partial charge in [0.05, 0.1) is 10.9 Å². The minimum Gasteiger partial charge on any atom is -0.322 e. The molecule has 28 heavy (non-hydrogen) atoms. The van der Waals surface area contributed by atoms with E-state index < -0.39 is 15.9 Å². The van der Waals surface area contributed by atoms with Crippen LogP contribution in [0.2, 0.25) is 0 Å². The number of primary sulfonamides is 1. The van der Waals surface area contributed by atoms with E-state index in [0.29, 0.717) is 23.1 Å². The topological polar surface area (TPSA) is 133 Å². The molecule has 0 saturated heterocycles. The minimum absolute atomic E-state index is 0.111. The number of hydrogen-bond donors (Lipinski definition) is 2. The van der Waals surface area contributed by atoms with Gasteiger partial charge in [-0.05, 0) is 60.0 Å². The normalized spacial score (nSPS) is 14.1. The molecule has 0 radical (unpaired) electrons. The van der Waals surface area contributed by atoms with Crippen LogP contribution in [0, 0.1) is 6.92 Å². The van der Waals surface area contributed by atoms with Crippen molar-refractivity contribution in [1.82, 2.24) is 20.2 Å². The molecule has 1 saturated carbocycles. The average Bonchev–Trinajstić information content (AvgIpc) is 3.37. The van der Waals surface area contributed by atoms with E-state index in [1.54, 1.807) is 35.9 Å². The Hall–Kier alpha value is -3.11. The smallest absolute Gasteiger partial charge is 0.255 e. The molecule has 1 fully saturated rings. The summed E-state index contributed by atoms with van der Waals surface area (Å²) in [6.45, 7) is 1.72. The van der Waals surface area contributed by atoms with Gasteiger partial charge in [-0.1, -0.05) is 18.2 Å². The van der Waals surface area contributed by atoms with Crippen molar-refractivity contribution in [2.75, 3.05) is 5.32 Å². The highest BCUT2D eigenvalue weighted by Crippen LogP contribution is 2.36. The molecule has 0 atom stereocenters. The highest BCUT2D eigenvalue weighted by molar-refractivity contribution is 7.89. The Balaban J connectivity index is 1.62. The van der Waals surface area contributed by atoms with E-state index in [2.05, 4.69) is 20.8 Å². The van der Waals surface area contributed by atoms with Crippen LogP contribution in [-0.2, 0) is 10.0 Å². The van der Waals surface area contributed by atoms with Gasteiger partial charge in [0.2, 0.25) is 10.0 Å². The third kappa shape index (κ3) is 3.64. The maximum absolute atomic E-state index is 12.7. The monoisotopic (exact) mass is 398 g/mol. The van der Waals surface area contributed by atoms with Crippen LogP contribution in [0.5, 0.6) is 0 Å². The second kappa shape index (κ2) is 6.80. The molecule has 3 aromatic rings. The summed E-state index contributed by atoms with van der Waals surface area (Å²) in [5, 5.41) is 19.8. The molecular weight excluding hydrogens is 380 g/mol. The average molecular weight is 398 g/mol. The van der Waals surface area contributed by atoms with Gasteiger partial charge in [-0.2, -0.15) is 0 Å². The van der Waals surface area contributed by atoms with Crippen molar-refractivity contribution < 1.29 is 13.2 Å². The molecule has 1 heterocycles. The fourth-order valence-electron chi connectivity index (χ4n) is 2.91. The van der Waals surface area contributed by atoms with Crippen LogP contribution >= 0.6 is 0 Å². The summed E-state index contributed by atoms with van der Waals surface area (Å²) < 4.78 is 24.9. The van der Waals surface area contributed by atoms with Crippen LogP contribution in [0.4, 0.5) is 5.69 Å². The van der Waals surface area contributed by atoms with Crippen molar-refractivity contribution in [2.45, 2.75) is 30.7 Å². The number of carbonyl (C=O) groups is 1. The molecule has 4 rings (SSSR count). The fourth-order valence-corrected chi connectivity index (χ4v) is 3.45. The van der Waals surface area contributed by atoms with Gasteiger partial charge in [0.25, 0.3) is 5.91 Å². The number of tetrazole rings is 1. The first kappa shape index (κ1) is 18.3. The van der Waals surface area contributed by atoms with Crippen LogP contribution in [0.15, 0.2) is 47.4 Å². The quantitative estimate of drug-likeness (QED) is 0.674. The third-order valence-corrected chi connectivity index (χ3v) is 5.46. The van der Waals surface area contributed by atoms with Crippen molar-refractivity contribution in [3.8, 4) is 11.4 Å². The second-order valence-corrected chi connectivity index (χ2v) is 8.30. The van der Waals surface area contributed by atoms with Gasteiger partial charge in [-0.15, -0.1) is 5.10 Å². The van der Waals surface area contributed by atoms with E-state index in [0.717, 1.165) is 18.4 Å². The van der Waals surface area contributed by atoms with Gasteiger partial charge < -0.3 is 5.32 Å². The number of rotatable bonds is 5. The molecule has 0 unspecified atom stereocenters. The number of carbonyl (C=O) groups excluding carboxylic acids is 1. The number of anilines is 1. The lowest BCUT2D eigenvalue weighted by Crippen LogP contribution is -2.17. The molecular formula is C18H18N6O3S. The van der Waals surface area contributed by atoms with E-state index in [9.17, 15) is 13.2 Å². The van der Waals surface area contributed by atoms with Gasteiger partial charge in [-0.25, -0.2) is 18.2 Å². The largest absolute Gasteiger partial charge is 0.322 e. The second-order valence-electron chi connectivity index (χ2n) is 6.73. The van der Waals surface area contributed by atoms with Gasteiger partial charge >= 0.3 is 0 Å². The van der Waals surface area contributed by atoms with Gasteiger partial charge in [0, 0.05) is 16.8 Å². The van der Waals surface area contributed by atoms with Crippen LogP contribution in [0.25, 0.3) is 11.4 Å². The van der Waals surface area contributed by atoms with Crippen LogP contribution in [0.3, 0.4) is 0 Å². The Kier molecular flexibility index (Phi) is 4.44. The minimum atomic E-state index is -3.90. The summed E-state index contributed by atoms with van der Waals surface area (Å²) in [5.74, 6) is 0.216. The van der Waals surface area contributed by atoms with Crippen LogP contribution in [-0.4, -0.2) is 34.5 Å². The predicted molar refractivity (Wildman–Crippen MR) is 102 cm³/mol. The highest BCUT2D eigenvalue weighted by Gasteiger charge is 2.28. The Bertz CT molecular complexity index is 1170. The van der Waals surface area contributed by atoms with E-state index in [-0.39, 0.29) is 10.5 Å². The first-order valence-corrected chi connectivity index (χ1v) is 10.2. The molecule has 0 aliphatic heterocycles. The van der Waals surface area contributed by atoms with Crippen molar-refractivity contribution >= 4 is 21.6 Å². The molecule has 1 aliphatic carbocycles. The molecule has 9 nitrogen and oxygen atoms in total. The first-order valence-electron chi connectivity index (χ1n) is 8.66. The number of amides is 1. The SMILES string of the molecule is Cc1ccc(S(N)(=O)=O)cc1C(=O)Nc1cccc(-c2nnnn2C2CC2)c1. The molecule has 0 bridgehead atoms. The standard InChI is InChI=1S/C18H18N6O3S/c1-11-5-8-15(28(19,26)27)10-16(11)18(25)20-13-4-2-3-12(9-13)17-21-22-23-24(17)14-6-7-14/h2-5,8-10,14H,6-7H2,1H3,(H,20,25)(H2,19,26,27). The summed E-state index contributed by atoms with van der Waals surface area (Å²) in [6, 6.07) is 11.7. The number of aryl methyl sites for hydroxylation is 1. The van der Waals surface area contributed by atoms with E-state index in [1.807, 2.05) is 6.07 Å². The first-order chi connectivity index (χ1) is 13.3. The molecule has 1 aromatic heterocycles. The number of nitrogens with two attached hydrogens (primary N) is 1. The van der Waals surface area contributed by atoms with E-state index in [1.165, 1.54) is 12.1 Å². The Morgan fingerprint density at radius 1 is 1.21 bits per heavy atom. The molecule has 1 aliphatic rings. The summed E-state index contributed by atoms with van der Waals surface area (Å²) in [5.41, 5.74) is 2.21. The molecule has 2 aromatic carbocycles. The van der Waals surface area contributed by atoms with Gasteiger partial charge in [0.15, 0.2) is 5.82 Å². The third-order valence-electron chi connectivity index (χ3n) is 4.55. The Morgan fingerprint density at radius 2 is 2.00 bits per heavy atom. The summed E-state index contributed by atoms with van der Waals surface area (Å²) in [6.07, 6.45) is 2.10. The number of aromatic nitrogens is 4. The van der Waals surface area contributed by atoms with Crippen LogP contribution in [0.1, 0.15) is 34.8 Å². The zero-order chi connectivity index (χ0) is 19.9. The fraction of sp³-hybridized carbons (Fsp3) is 0.222. The molecule has 10 heteroatoms. The Morgan fingerprint density at radius 3 is 2.71 bits per heavy atom. The number of hydrogen-bond acceptors (Lipinski definition) is 6. The zero-order valence-electron chi connectivity index (χ0n) is 15.0. The van der Waals surface area contributed by atoms with Crippen molar-refractivity contribution in [3.05, 3.63) is 53.6 Å². The van der Waals surface area contributed by atoms with Gasteiger partial charge in [0.1, 0.15) is 0 Å². The van der Waals surface area contributed by atoms with Crippen LogP contribution < -0.4 is 10.5 Å². The maximum atomic E-state index is 12.7. The van der Waals surface area contributed by atoms with Crippen molar-refractivity contribution in [3.63, 3.8) is 0 Å². The number of nitrogens with zero attached hydrogens (tertiary/aromatic N) is 4. The van der Waals surface area contributed by atoms with Gasteiger partial charge in [-0.3, -0.25) is 4.79 Å². The van der Waals surface area contributed by atoms with Crippen molar-refractivity contribution in [2.24, 2.45) is 5.14 Å². The predicted octanol–water partition coefficient (Wildman–Crippen LogP) is 1.88. The lowest BCUT2D eigenvalue weighted by atomic mass is 10.1. The number of sulfonamides is 1. The Labute approximate surface area is 161 Å². The zero-order valence-corrected chi connectivity index (χ0v) is 15.8. The summed E-state index contributed by atoms with van der Waals surface area (Å²) >= 11 is 0. The molecule has 0 spiro atoms. The lowest BCUT2D eigenvalue weighted by Gasteiger charge is -2.10. The molecule has 1 amide bonds. The highest BCUT2D eigenvalue weighted by atomic mass is 32.2. The molecule has 144 valence electrons. The summed E-state index contributed by atoms with van der Waals surface area (Å²) in [7, 11) is -3.90. The lowest BCUT2D eigenvalue weighted by molar-refractivity contribution is 0.102. The summed E-state index contributed by atoms with van der Waals surface area (Å²) in [4.78, 5) is 12.6. The maximum Gasteiger partial charge on any atom is 0.255 e. The number of nitrogens with one attached hydrogen (secondary N) is 1. The van der Waals surface area contributed by atoms with Crippen molar-refractivity contribution in [1.29, 1.82) is 0 Å². The van der Waals surface area contributed by atoms with E-state index in [4.69, 9.17) is 5.14 Å². The number of benzene rings is 2. The molecule has 3 N–H and O–H groups in total.